The number of aromatic hydroxyl groups is 1. The fraction of sp³-hybridized carbons (Fsp3) is 0.200. The van der Waals surface area contributed by atoms with Gasteiger partial charge >= 0.3 is 0 Å². The van der Waals surface area contributed by atoms with Crippen molar-refractivity contribution in [2.24, 2.45) is 5.10 Å². The van der Waals surface area contributed by atoms with Crippen molar-refractivity contribution in [3.8, 4) is 11.5 Å². The number of hydrogen-bond donors (Lipinski definition) is 3. The fourth-order valence-electron chi connectivity index (χ4n) is 3.23. The van der Waals surface area contributed by atoms with Crippen molar-refractivity contribution < 1.29 is 23.1 Å². The topological polar surface area (TPSA) is 117 Å². The van der Waals surface area contributed by atoms with E-state index in [1.165, 1.54) is 18.3 Å². The molecule has 10 heteroatoms. The summed E-state index contributed by atoms with van der Waals surface area (Å²) in [7, 11) is -3.86. The van der Waals surface area contributed by atoms with Crippen molar-refractivity contribution in [1.82, 2.24) is 10.1 Å². The summed E-state index contributed by atoms with van der Waals surface area (Å²) < 4.78 is 34.5. The van der Waals surface area contributed by atoms with Crippen LogP contribution in [0.3, 0.4) is 0 Å². The Labute approximate surface area is 218 Å². The molecule has 0 unspecified atom stereocenters. The molecule has 1 atom stereocenters. The number of aryl methyl sites for hydroxylation is 1. The number of carbonyl (C=O) groups is 1. The molecule has 0 bridgehead atoms. The maximum absolute atomic E-state index is 12.9. The van der Waals surface area contributed by atoms with Gasteiger partial charge in [0.05, 0.1) is 27.3 Å². The number of nitrogens with zero attached hydrogens (tertiary/aromatic N) is 1. The average molecular weight is 607 g/mol. The molecule has 0 spiro atoms. The van der Waals surface area contributed by atoms with Crippen molar-refractivity contribution in [3.63, 3.8) is 0 Å². The number of hydrogen-bond acceptors (Lipinski definition) is 6. The monoisotopic (exact) mass is 607 g/mol. The van der Waals surface area contributed by atoms with Gasteiger partial charge in [-0.2, -0.15) is 5.10 Å². The molecule has 0 fully saturated rings. The molecule has 0 aliphatic carbocycles. The van der Waals surface area contributed by atoms with Gasteiger partial charge in [0.2, 0.25) is 15.9 Å². The zero-order valence-corrected chi connectivity index (χ0v) is 22.2. The summed E-state index contributed by atoms with van der Waals surface area (Å²) in [5.74, 6) is -0.109. The Morgan fingerprint density at radius 3 is 2.49 bits per heavy atom. The number of phenolic OH excluding ortho intramolecular Hbond substituents is 1. The van der Waals surface area contributed by atoms with Gasteiger partial charge in [-0.1, -0.05) is 48.0 Å². The zero-order chi connectivity index (χ0) is 25.4. The Balaban J connectivity index is 1.74. The van der Waals surface area contributed by atoms with E-state index in [2.05, 4.69) is 15.2 Å². The quantitative estimate of drug-likeness (QED) is 0.181. The van der Waals surface area contributed by atoms with E-state index in [4.69, 9.17) is 4.74 Å². The van der Waals surface area contributed by atoms with E-state index in [1.54, 1.807) is 48.5 Å². The first-order valence-corrected chi connectivity index (χ1v) is 13.4. The number of hydrazone groups is 1. The number of amides is 1. The summed E-state index contributed by atoms with van der Waals surface area (Å²) in [6, 6.07) is 17.9. The summed E-state index contributed by atoms with van der Waals surface area (Å²) >= 11 is 1.98. The third-order valence-corrected chi connectivity index (χ3v) is 7.28. The molecule has 3 aromatic rings. The standard InChI is InChI=1S/C25H26IN3O5S/c1-3-34-23-14-18(13-21(26)25(23)31)16-27-28-24(30)15-22(19-7-5-4-6-8-19)29-35(32,33)20-11-9-17(2)10-12-20/h4-14,16,22,29,31H,3,15H2,1-2H3,(H,28,30)/b27-16-/t22-/m1/s1. The normalized spacial score (nSPS) is 12.4. The largest absolute Gasteiger partial charge is 0.504 e. The van der Waals surface area contributed by atoms with Crippen molar-refractivity contribution in [3.05, 3.63) is 87.0 Å². The molecule has 0 saturated heterocycles. The van der Waals surface area contributed by atoms with Crippen LogP contribution in [0.25, 0.3) is 0 Å². The lowest BCUT2D eigenvalue weighted by molar-refractivity contribution is -0.121. The van der Waals surface area contributed by atoms with Crippen LogP contribution in [-0.4, -0.2) is 32.3 Å². The van der Waals surface area contributed by atoms with Crippen LogP contribution in [0.15, 0.2) is 76.7 Å². The molecule has 1 amide bonds. The van der Waals surface area contributed by atoms with Gasteiger partial charge < -0.3 is 9.84 Å². The van der Waals surface area contributed by atoms with Crippen LogP contribution in [-0.2, 0) is 14.8 Å². The summed E-state index contributed by atoms with van der Waals surface area (Å²) in [5.41, 5.74) is 4.65. The molecule has 0 aliphatic rings. The Morgan fingerprint density at radius 2 is 1.83 bits per heavy atom. The number of halogens is 1. The van der Waals surface area contributed by atoms with Gasteiger partial charge in [0.1, 0.15) is 0 Å². The lowest BCUT2D eigenvalue weighted by atomic mass is 10.0. The van der Waals surface area contributed by atoms with Crippen molar-refractivity contribution >= 4 is 44.7 Å². The van der Waals surface area contributed by atoms with Crippen LogP contribution < -0.4 is 14.9 Å². The van der Waals surface area contributed by atoms with Crippen molar-refractivity contribution in [2.75, 3.05) is 6.61 Å². The molecule has 0 radical (unpaired) electrons. The second-order valence-electron chi connectivity index (χ2n) is 7.68. The zero-order valence-electron chi connectivity index (χ0n) is 19.2. The molecular formula is C25H26IN3O5S. The minimum absolute atomic E-state index is 0.0419. The number of carbonyl (C=O) groups excluding carboxylic acids is 1. The highest BCUT2D eigenvalue weighted by molar-refractivity contribution is 14.1. The second-order valence-corrected chi connectivity index (χ2v) is 10.6. The highest BCUT2D eigenvalue weighted by atomic mass is 127. The number of sulfonamides is 1. The van der Waals surface area contributed by atoms with E-state index in [0.29, 0.717) is 27.1 Å². The third kappa shape index (κ3) is 7.51. The van der Waals surface area contributed by atoms with Crippen LogP contribution in [0.4, 0.5) is 0 Å². The minimum Gasteiger partial charge on any atom is -0.504 e. The van der Waals surface area contributed by atoms with E-state index >= 15 is 0 Å². The summed E-state index contributed by atoms with van der Waals surface area (Å²) in [6.07, 6.45) is 1.26. The SMILES string of the molecule is CCOc1cc(/C=N\NC(=O)C[C@@H](NS(=O)(=O)c2ccc(C)cc2)c2ccccc2)cc(I)c1O. The van der Waals surface area contributed by atoms with E-state index in [0.717, 1.165) is 5.56 Å². The molecule has 3 N–H and O–H groups in total. The van der Waals surface area contributed by atoms with Gasteiger partial charge in [-0.25, -0.2) is 18.6 Å². The summed E-state index contributed by atoms with van der Waals surface area (Å²) in [6.45, 7) is 4.07. The van der Waals surface area contributed by atoms with E-state index in [-0.39, 0.29) is 17.1 Å². The van der Waals surface area contributed by atoms with E-state index < -0.39 is 22.0 Å². The smallest absolute Gasteiger partial charge is 0.242 e. The molecule has 3 aromatic carbocycles. The summed E-state index contributed by atoms with van der Waals surface area (Å²) in [4.78, 5) is 12.8. The van der Waals surface area contributed by atoms with E-state index in [1.807, 2.05) is 42.5 Å². The van der Waals surface area contributed by atoms with Crippen molar-refractivity contribution in [2.45, 2.75) is 31.2 Å². The van der Waals surface area contributed by atoms with Gasteiger partial charge in [-0.05, 0) is 71.8 Å². The highest BCUT2D eigenvalue weighted by Crippen LogP contribution is 2.32. The number of nitrogens with one attached hydrogen (secondary N) is 2. The first kappa shape index (κ1) is 26.6. The predicted octanol–water partition coefficient (Wildman–Crippen LogP) is 4.26. The molecule has 35 heavy (non-hydrogen) atoms. The van der Waals surface area contributed by atoms with Gasteiger partial charge in [0.15, 0.2) is 11.5 Å². The fourth-order valence-corrected chi connectivity index (χ4v) is 5.08. The van der Waals surface area contributed by atoms with Gasteiger partial charge in [-0.15, -0.1) is 0 Å². The molecule has 8 nitrogen and oxygen atoms in total. The maximum Gasteiger partial charge on any atom is 0.242 e. The third-order valence-electron chi connectivity index (χ3n) is 4.97. The van der Waals surface area contributed by atoms with Gasteiger partial charge in [0.25, 0.3) is 0 Å². The second kappa shape index (κ2) is 12.1. The Kier molecular flexibility index (Phi) is 9.24. The van der Waals surface area contributed by atoms with Crippen LogP contribution >= 0.6 is 22.6 Å². The van der Waals surface area contributed by atoms with Crippen LogP contribution in [0, 0.1) is 10.5 Å². The number of phenols is 1. The summed E-state index contributed by atoms with van der Waals surface area (Å²) in [5, 5.41) is 14.0. The molecule has 0 aromatic heterocycles. The first-order valence-electron chi connectivity index (χ1n) is 10.8. The van der Waals surface area contributed by atoms with Crippen LogP contribution in [0.2, 0.25) is 0 Å². The molecule has 184 valence electrons. The van der Waals surface area contributed by atoms with E-state index in [9.17, 15) is 18.3 Å². The predicted molar refractivity (Wildman–Crippen MR) is 143 cm³/mol. The first-order chi connectivity index (χ1) is 16.7. The number of ether oxygens (including phenoxy) is 1. The lowest BCUT2D eigenvalue weighted by Gasteiger charge is -2.18. The molecule has 0 saturated carbocycles. The Bertz CT molecular complexity index is 1300. The molecule has 0 aliphatic heterocycles. The van der Waals surface area contributed by atoms with Crippen LogP contribution in [0.5, 0.6) is 11.5 Å². The Morgan fingerprint density at radius 1 is 1.14 bits per heavy atom. The lowest BCUT2D eigenvalue weighted by Crippen LogP contribution is -2.32. The highest BCUT2D eigenvalue weighted by Gasteiger charge is 2.23. The maximum atomic E-state index is 12.9. The Hall–Kier alpha value is -2.96. The number of benzene rings is 3. The van der Waals surface area contributed by atoms with Crippen molar-refractivity contribution in [1.29, 1.82) is 0 Å². The molecule has 3 rings (SSSR count). The minimum atomic E-state index is -3.86. The molecule has 0 heterocycles. The molecular weight excluding hydrogens is 581 g/mol. The van der Waals surface area contributed by atoms with Gasteiger partial charge in [0, 0.05) is 6.42 Å². The van der Waals surface area contributed by atoms with Crippen LogP contribution in [0.1, 0.15) is 36.1 Å². The van der Waals surface area contributed by atoms with Gasteiger partial charge in [-0.3, -0.25) is 4.79 Å². The average Bonchev–Trinajstić information content (AvgIpc) is 2.82. The number of rotatable bonds is 10.